The summed E-state index contributed by atoms with van der Waals surface area (Å²) in [5.41, 5.74) is 1.49. The van der Waals surface area contributed by atoms with Gasteiger partial charge in [0.15, 0.2) is 0 Å². The number of rotatable bonds is 2. The van der Waals surface area contributed by atoms with E-state index in [4.69, 9.17) is 34.8 Å². The van der Waals surface area contributed by atoms with E-state index < -0.39 is 0 Å². The molecule has 0 spiro atoms. The number of hydrogen-bond acceptors (Lipinski definition) is 2. The highest BCUT2D eigenvalue weighted by Gasteiger charge is 2.24. The summed E-state index contributed by atoms with van der Waals surface area (Å²) in [5.74, 6) is -0.0301. The molecule has 1 fully saturated rings. The average molecular weight is 370 g/mol. The highest BCUT2D eigenvalue weighted by molar-refractivity contribution is 6.36. The van der Waals surface area contributed by atoms with Gasteiger partial charge in [0.05, 0.1) is 21.3 Å². The topological polar surface area (TPSA) is 23.6 Å². The molecular formula is C17H15Cl3N2O. The molecule has 1 aliphatic heterocycles. The molecule has 1 amide bonds. The first-order valence-electron chi connectivity index (χ1n) is 7.30. The highest BCUT2D eigenvalue weighted by Crippen LogP contribution is 2.29. The van der Waals surface area contributed by atoms with Crippen molar-refractivity contribution in [2.75, 3.05) is 31.1 Å². The Bertz CT molecular complexity index is 728. The molecule has 0 aromatic heterocycles. The number of anilines is 1. The Kier molecular flexibility index (Phi) is 5.00. The molecule has 1 heterocycles. The molecule has 1 saturated heterocycles. The number of halogens is 3. The van der Waals surface area contributed by atoms with Crippen LogP contribution in [0, 0.1) is 0 Å². The maximum Gasteiger partial charge on any atom is 0.255 e. The van der Waals surface area contributed by atoms with Crippen molar-refractivity contribution in [1.82, 2.24) is 4.90 Å². The van der Waals surface area contributed by atoms with Crippen LogP contribution in [0.15, 0.2) is 42.5 Å². The summed E-state index contributed by atoms with van der Waals surface area (Å²) in [6.07, 6.45) is 0. The van der Waals surface area contributed by atoms with Crippen LogP contribution in [0.1, 0.15) is 10.4 Å². The van der Waals surface area contributed by atoms with Crippen molar-refractivity contribution in [3.8, 4) is 0 Å². The number of piperazine rings is 1. The first kappa shape index (κ1) is 16.4. The second-order valence-electron chi connectivity index (χ2n) is 5.35. The third-order valence-corrected chi connectivity index (χ3v) is 4.79. The fourth-order valence-corrected chi connectivity index (χ4v) is 3.44. The minimum absolute atomic E-state index is 0.0301. The number of amides is 1. The molecule has 120 valence electrons. The summed E-state index contributed by atoms with van der Waals surface area (Å²) < 4.78 is 0. The van der Waals surface area contributed by atoms with Crippen LogP contribution in [-0.4, -0.2) is 37.0 Å². The maximum atomic E-state index is 12.6. The van der Waals surface area contributed by atoms with E-state index in [0.29, 0.717) is 33.7 Å². The molecule has 0 atom stereocenters. The predicted molar refractivity (Wildman–Crippen MR) is 96.0 cm³/mol. The Morgan fingerprint density at radius 2 is 1.57 bits per heavy atom. The number of benzene rings is 2. The summed E-state index contributed by atoms with van der Waals surface area (Å²) >= 11 is 18.3. The SMILES string of the molecule is O=C(c1ccccc1Cl)N1CCN(c2ccc(Cl)cc2Cl)CC1. The quantitative estimate of drug-likeness (QED) is 0.772. The molecule has 0 N–H and O–H groups in total. The summed E-state index contributed by atoms with van der Waals surface area (Å²) in [6, 6.07) is 12.6. The van der Waals surface area contributed by atoms with E-state index in [1.165, 1.54) is 0 Å². The van der Waals surface area contributed by atoms with Gasteiger partial charge in [-0.2, -0.15) is 0 Å². The lowest BCUT2D eigenvalue weighted by Gasteiger charge is -2.36. The zero-order valence-corrected chi connectivity index (χ0v) is 14.6. The summed E-state index contributed by atoms with van der Waals surface area (Å²) in [4.78, 5) is 16.5. The maximum absolute atomic E-state index is 12.6. The van der Waals surface area contributed by atoms with Crippen molar-refractivity contribution < 1.29 is 4.79 Å². The van der Waals surface area contributed by atoms with Crippen LogP contribution in [0.3, 0.4) is 0 Å². The van der Waals surface area contributed by atoms with Gasteiger partial charge in [0, 0.05) is 31.2 Å². The number of carbonyl (C=O) groups excluding carboxylic acids is 1. The number of carbonyl (C=O) groups is 1. The van der Waals surface area contributed by atoms with Gasteiger partial charge in [-0.25, -0.2) is 0 Å². The molecular weight excluding hydrogens is 355 g/mol. The molecule has 0 saturated carbocycles. The Hall–Kier alpha value is -1.42. The molecule has 3 rings (SSSR count). The van der Waals surface area contributed by atoms with Crippen molar-refractivity contribution >= 4 is 46.4 Å². The molecule has 0 aliphatic carbocycles. The van der Waals surface area contributed by atoms with Gasteiger partial charge in [-0.1, -0.05) is 46.9 Å². The van der Waals surface area contributed by atoms with Crippen LogP contribution in [-0.2, 0) is 0 Å². The second-order valence-corrected chi connectivity index (χ2v) is 6.61. The number of nitrogens with zero attached hydrogens (tertiary/aromatic N) is 2. The first-order chi connectivity index (χ1) is 11.1. The van der Waals surface area contributed by atoms with Gasteiger partial charge in [-0.15, -0.1) is 0 Å². The lowest BCUT2D eigenvalue weighted by atomic mass is 10.1. The van der Waals surface area contributed by atoms with Crippen LogP contribution in [0.25, 0.3) is 0 Å². The zero-order valence-electron chi connectivity index (χ0n) is 12.3. The van der Waals surface area contributed by atoms with Gasteiger partial charge in [0.2, 0.25) is 0 Å². The van der Waals surface area contributed by atoms with E-state index >= 15 is 0 Å². The summed E-state index contributed by atoms with van der Waals surface area (Å²) in [6.45, 7) is 2.70. The molecule has 0 unspecified atom stereocenters. The van der Waals surface area contributed by atoms with E-state index in [1.807, 2.05) is 29.2 Å². The van der Waals surface area contributed by atoms with E-state index in [9.17, 15) is 4.79 Å². The second kappa shape index (κ2) is 7.00. The van der Waals surface area contributed by atoms with Crippen LogP contribution in [0.5, 0.6) is 0 Å². The minimum Gasteiger partial charge on any atom is -0.367 e. The van der Waals surface area contributed by atoms with Gasteiger partial charge in [-0.3, -0.25) is 4.79 Å². The van der Waals surface area contributed by atoms with E-state index in [1.54, 1.807) is 18.2 Å². The summed E-state index contributed by atoms with van der Waals surface area (Å²) in [7, 11) is 0. The third-order valence-electron chi connectivity index (χ3n) is 3.92. The van der Waals surface area contributed by atoms with Crippen LogP contribution >= 0.6 is 34.8 Å². The lowest BCUT2D eigenvalue weighted by Crippen LogP contribution is -2.49. The normalized spacial score (nSPS) is 14.9. The Balaban J connectivity index is 1.69. The first-order valence-corrected chi connectivity index (χ1v) is 8.43. The Labute approximate surface area is 150 Å². The Morgan fingerprint density at radius 3 is 2.22 bits per heavy atom. The Morgan fingerprint density at radius 1 is 0.870 bits per heavy atom. The van der Waals surface area contributed by atoms with Crippen molar-refractivity contribution in [2.45, 2.75) is 0 Å². The van der Waals surface area contributed by atoms with E-state index in [0.717, 1.165) is 18.8 Å². The molecule has 6 heteroatoms. The molecule has 0 bridgehead atoms. The van der Waals surface area contributed by atoms with Crippen LogP contribution < -0.4 is 4.90 Å². The standard InChI is InChI=1S/C17H15Cl3N2O/c18-12-5-6-16(15(20)11-12)21-7-9-22(10-8-21)17(23)13-3-1-2-4-14(13)19/h1-6,11H,7-10H2. The smallest absolute Gasteiger partial charge is 0.255 e. The fourth-order valence-electron chi connectivity index (χ4n) is 2.69. The third kappa shape index (κ3) is 3.57. The van der Waals surface area contributed by atoms with Crippen LogP contribution in [0.2, 0.25) is 15.1 Å². The fraction of sp³-hybridized carbons (Fsp3) is 0.235. The van der Waals surface area contributed by atoms with Gasteiger partial charge in [-0.05, 0) is 30.3 Å². The minimum atomic E-state index is -0.0301. The molecule has 2 aromatic carbocycles. The largest absolute Gasteiger partial charge is 0.367 e. The van der Waals surface area contributed by atoms with Crippen molar-refractivity contribution in [3.63, 3.8) is 0 Å². The monoisotopic (exact) mass is 368 g/mol. The van der Waals surface area contributed by atoms with Crippen molar-refractivity contribution in [1.29, 1.82) is 0 Å². The van der Waals surface area contributed by atoms with Gasteiger partial charge in [0.1, 0.15) is 0 Å². The van der Waals surface area contributed by atoms with Crippen LogP contribution in [0.4, 0.5) is 5.69 Å². The average Bonchev–Trinajstić information content (AvgIpc) is 2.55. The van der Waals surface area contributed by atoms with E-state index in [2.05, 4.69) is 4.90 Å². The zero-order chi connectivity index (χ0) is 16.4. The van der Waals surface area contributed by atoms with Gasteiger partial charge in [0.25, 0.3) is 5.91 Å². The molecule has 2 aromatic rings. The molecule has 3 nitrogen and oxygen atoms in total. The van der Waals surface area contributed by atoms with Crippen molar-refractivity contribution in [3.05, 3.63) is 63.1 Å². The van der Waals surface area contributed by atoms with Gasteiger partial charge < -0.3 is 9.80 Å². The van der Waals surface area contributed by atoms with E-state index in [-0.39, 0.29) is 5.91 Å². The molecule has 0 radical (unpaired) electrons. The summed E-state index contributed by atoms with van der Waals surface area (Å²) in [5, 5.41) is 1.73. The molecule has 23 heavy (non-hydrogen) atoms. The predicted octanol–water partition coefficient (Wildman–Crippen LogP) is 4.61. The van der Waals surface area contributed by atoms with Crippen molar-refractivity contribution in [2.24, 2.45) is 0 Å². The lowest BCUT2D eigenvalue weighted by molar-refractivity contribution is 0.0747. The molecule has 1 aliphatic rings. The number of hydrogen-bond donors (Lipinski definition) is 0. The van der Waals surface area contributed by atoms with Gasteiger partial charge >= 0.3 is 0 Å². The highest BCUT2D eigenvalue weighted by atomic mass is 35.5.